The molecule has 0 unspecified atom stereocenters. The molecule has 0 aliphatic carbocycles. The van der Waals surface area contributed by atoms with Crippen molar-refractivity contribution in [3.05, 3.63) is 58.1 Å². The Morgan fingerprint density at radius 3 is 2.30 bits per heavy atom. The lowest BCUT2D eigenvalue weighted by molar-refractivity contribution is -0.384. The predicted octanol–water partition coefficient (Wildman–Crippen LogP) is 3.17. The molecular formula is C14H12N2O4. The number of nitrogen functional groups attached to an aromatic ring is 1. The lowest BCUT2D eigenvalue weighted by atomic mass is 10.1. The lowest BCUT2D eigenvalue weighted by Crippen LogP contribution is -1.96. The summed E-state index contributed by atoms with van der Waals surface area (Å²) in [6, 6.07) is 10.7. The molecule has 2 N–H and O–H groups in total. The van der Waals surface area contributed by atoms with E-state index in [0.29, 0.717) is 17.1 Å². The van der Waals surface area contributed by atoms with Crippen molar-refractivity contribution in [2.75, 3.05) is 5.73 Å². The van der Waals surface area contributed by atoms with Crippen molar-refractivity contribution in [3.8, 4) is 11.5 Å². The van der Waals surface area contributed by atoms with Crippen LogP contribution in [-0.4, -0.2) is 10.7 Å². The largest absolute Gasteiger partial charge is 0.457 e. The topological polar surface area (TPSA) is 95.5 Å². The molecular weight excluding hydrogens is 260 g/mol. The van der Waals surface area contributed by atoms with Crippen LogP contribution in [0.4, 0.5) is 11.4 Å². The first kappa shape index (κ1) is 13.5. The van der Waals surface area contributed by atoms with Crippen molar-refractivity contribution in [1.29, 1.82) is 0 Å². The molecule has 0 spiro atoms. The summed E-state index contributed by atoms with van der Waals surface area (Å²) in [6.45, 7) is 1.47. The second kappa shape index (κ2) is 5.40. The van der Waals surface area contributed by atoms with Crippen LogP contribution >= 0.6 is 0 Å². The number of ketones is 1. The Balaban J connectivity index is 2.23. The van der Waals surface area contributed by atoms with Crippen LogP contribution < -0.4 is 10.5 Å². The Morgan fingerprint density at radius 1 is 1.15 bits per heavy atom. The molecule has 0 radical (unpaired) electrons. The summed E-state index contributed by atoms with van der Waals surface area (Å²) < 4.78 is 5.49. The number of carbonyl (C=O) groups is 1. The summed E-state index contributed by atoms with van der Waals surface area (Å²) in [6.07, 6.45) is 0. The molecule has 0 heterocycles. The number of ether oxygens (including phenoxy) is 1. The van der Waals surface area contributed by atoms with Gasteiger partial charge in [-0.05, 0) is 43.3 Å². The van der Waals surface area contributed by atoms with Crippen LogP contribution in [0.25, 0.3) is 0 Å². The summed E-state index contributed by atoms with van der Waals surface area (Å²) in [5.41, 5.74) is 5.94. The Labute approximate surface area is 114 Å². The molecule has 0 bridgehead atoms. The lowest BCUT2D eigenvalue weighted by Gasteiger charge is -2.06. The molecule has 6 heteroatoms. The van der Waals surface area contributed by atoms with E-state index in [0.717, 1.165) is 0 Å². The Bertz CT molecular complexity index is 665. The smallest absolute Gasteiger partial charge is 0.295 e. The zero-order chi connectivity index (χ0) is 14.7. The fourth-order valence-corrected chi connectivity index (χ4v) is 1.64. The van der Waals surface area contributed by atoms with E-state index in [4.69, 9.17) is 10.5 Å². The van der Waals surface area contributed by atoms with Crippen molar-refractivity contribution in [1.82, 2.24) is 0 Å². The average Bonchev–Trinajstić information content (AvgIpc) is 2.41. The highest BCUT2D eigenvalue weighted by Crippen LogP contribution is 2.29. The number of nitrogens with two attached hydrogens (primary N) is 1. The number of carbonyl (C=O) groups excluding carboxylic acids is 1. The number of benzene rings is 2. The predicted molar refractivity (Wildman–Crippen MR) is 74.0 cm³/mol. The molecule has 0 aliphatic rings. The minimum Gasteiger partial charge on any atom is -0.457 e. The van der Waals surface area contributed by atoms with Crippen molar-refractivity contribution in [3.63, 3.8) is 0 Å². The number of Topliss-reactive ketones (excluding diaryl/α,β-unsaturated/α-hetero) is 1. The van der Waals surface area contributed by atoms with Gasteiger partial charge in [0, 0.05) is 5.56 Å². The minimum absolute atomic E-state index is 0.0420. The molecule has 0 atom stereocenters. The van der Waals surface area contributed by atoms with Crippen molar-refractivity contribution in [2.45, 2.75) is 6.92 Å². The van der Waals surface area contributed by atoms with E-state index in [1.807, 2.05) is 0 Å². The van der Waals surface area contributed by atoms with Gasteiger partial charge >= 0.3 is 0 Å². The van der Waals surface area contributed by atoms with Gasteiger partial charge in [-0.1, -0.05) is 0 Å². The quantitative estimate of drug-likeness (QED) is 0.399. The molecule has 0 saturated carbocycles. The number of anilines is 1. The third-order valence-electron chi connectivity index (χ3n) is 2.70. The molecule has 0 aromatic heterocycles. The molecule has 0 amide bonds. The van der Waals surface area contributed by atoms with E-state index in [-0.39, 0.29) is 17.2 Å². The highest BCUT2D eigenvalue weighted by atomic mass is 16.6. The number of hydrogen-bond acceptors (Lipinski definition) is 5. The molecule has 0 aliphatic heterocycles. The van der Waals surface area contributed by atoms with E-state index < -0.39 is 4.92 Å². The monoisotopic (exact) mass is 272 g/mol. The summed E-state index contributed by atoms with van der Waals surface area (Å²) in [5.74, 6) is 0.746. The first-order valence-corrected chi connectivity index (χ1v) is 5.80. The van der Waals surface area contributed by atoms with Gasteiger partial charge in [0.15, 0.2) is 5.78 Å². The molecule has 2 aromatic rings. The Hall–Kier alpha value is -2.89. The zero-order valence-electron chi connectivity index (χ0n) is 10.7. The average molecular weight is 272 g/mol. The van der Waals surface area contributed by atoms with Gasteiger partial charge in [-0.2, -0.15) is 0 Å². The van der Waals surface area contributed by atoms with Crippen LogP contribution in [0.2, 0.25) is 0 Å². The summed E-state index contributed by atoms with van der Waals surface area (Å²) >= 11 is 0. The molecule has 6 nitrogen and oxygen atoms in total. The molecule has 2 rings (SSSR count). The van der Waals surface area contributed by atoms with Crippen LogP contribution in [0.15, 0.2) is 42.5 Å². The molecule has 0 saturated heterocycles. The SMILES string of the molecule is CC(=O)c1ccc(Oc2ccc(N)c([N+](=O)[O-])c2)cc1. The summed E-state index contributed by atoms with van der Waals surface area (Å²) in [5, 5.41) is 10.8. The second-order valence-electron chi connectivity index (χ2n) is 4.16. The first-order chi connectivity index (χ1) is 9.47. The number of hydrogen-bond donors (Lipinski definition) is 1. The zero-order valence-corrected chi connectivity index (χ0v) is 10.7. The summed E-state index contributed by atoms with van der Waals surface area (Å²) in [4.78, 5) is 21.4. The maximum absolute atomic E-state index is 11.1. The van der Waals surface area contributed by atoms with E-state index in [2.05, 4.69) is 0 Å². The van der Waals surface area contributed by atoms with E-state index in [1.165, 1.54) is 19.1 Å². The van der Waals surface area contributed by atoms with E-state index >= 15 is 0 Å². The van der Waals surface area contributed by atoms with E-state index in [9.17, 15) is 14.9 Å². The van der Waals surface area contributed by atoms with Gasteiger partial charge < -0.3 is 10.5 Å². The molecule has 102 valence electrons. The van der Waals surface area contributed by atoms with Crippen molar-refractivity contribution >= 4 is 17.2 Å². The third-order valence-corrected chi connectivity index (χ3v) is 2.70. The number of nitro benzene ring substituents is 1. The van der Waals surface area contributed by atoms with Gasteiger partial charge in [0.1, 0.15) is 17.2 Å². The first-order valence-electron chi connectivity index (χ1n) is 5.80. The van der Waals surface area contributed by atoms with Crippen molar-refractivity contribution in [2.24, 2.45) is 0 Å². The highest BCUT2D eigenvalue weighted by Gasteiger charge is 2.13. The van der Waals surface area contributed by atoms with Crippen LogP contribution in [0.3, 0.4) is 0 Å². The van der Waals surface area contributed by atoms with Crippen LogP contribution in [0, 0.1) is 10.1 Å². The van der Waals surface area contributed by atoms with Gasteiger partial charge in [0.2, 0.25) is 0 Å². The van der Waals surface area contributed by atoms with E-state index in [1.54, 1.807) is 30.3 Å². The van der Waals surface area contributed by atoms with Crippen LogP contribution in [0.1, 0.15) is 17.3 Å². The van der Waals surface area contributed by atoms with Crippen LogP contribution in [-0.2, 0) is 0 Å². The molecule has 0 fully saturated rings. The van der Waals surface area contributed by atoms with Gasteiger partial charge in [0.05, 0.1) is 11.0 Å². The molecule has 20 heavy (non-hydrogen) atoms. The fourth-order valence-electron chi connectivity index (χ4n) is 1.64. The Morgan fingerprint density at radius 2 is 1.75 bits per heavy atom. The minimum atomic E-state index is -0.568. The van der Waals surface area contributed by atoms with Gasteiger partial charge in [-0.3, -0.25) is 14.9 Å². The fraction of sp³-hybridized carbons (Fsp3) is 0.0714. The van der Waals surface area contributed by atoms with Gasteiger partial charge in [-0.25, -0.2) is 0 Å². The standard InChI is InChI=1S/C14H12N2O4/c1-9(17)10-2-4-11(5-3-10)20-12-6-7-13(15)14(8-12)16(18)19/h2-8H,15H2,1H3. The Kier molecular flexibility index (Phi) is 3.65. The van der Waals surface area contributed by atoms with Gasteiger partial charge in [-0.15, -0.1) is 0 Å². The van der Waals surface area contributed by atoms with Crippen LogP contribution in [0.5, 0.6) is 11.5 Å². The maximum atomic E-state index is 11.1. The number of nitrogens with zero attached hydrogens (tertiary/aromatic N) is 1. The number of nitro groups is 1. The van der Waals surface area contributed by atoms with Gasteiger partial charge in [0.25, 0.3) is 5.69 Å². The maximum Gasteiger partial charge on any atom is 0.295 e. The molecule has 2 aromatic carbocycles. The third kappa shape index (κ3) is 2.92. The number of rotatable bonds is 4. The highest BCUT2D eigenvalue weighted by molar-refractivity contribution is 5.94. The second-order valence-corrected chi connectivity index (χ2v) is 4.16. The summed E-state index contributed by atoms with van der Waals surface area (Å²) in [7, 11) is 0. The van der Waals surface area contributed by atoms with Crippen molar-refractivity contribution < 1.29 is 14.5 Å². The normalized spacial score (nSPS) is 10.1.